The number of nitrogens with zero attached hydrogens (tertiary/aromatic N) is 2. The van der Waals surface area contributed by atoms with Crippen LogP contribution in [0.1, 0.15) is 10.7 Å². The molecule has 0 saturated heterocycles. The lowest BCUT2D eigenvalue weighted by molar-refractivity contribution is 0.305. The highest BCUT2D eigenvalue weighted by Crippen LogP contribution is 2.29. The number of hydrogen-bond acceptors (Lipinski definition) is 5. The van der Waals surface area contributed by atoms with Crippen LogP contribution in [0.3, 0.4) is 0 Å². The Morgan fingerprint density at radius 1 is 1.12 bits per heavy atom. The number of halogens is 1. The molecule has 1 heterocycles. The SMILES string of the molecule is CS(=O)(=O)N(Cc1csc(COc2ccccc2)n1)c1ccccc1Br. The molecule has 0 spiro atoms. The lowest BCUT2D eigenvalue weighted by Crippen LogP contribution is -2.29. The van der Waals surface area contributed by atoms with Gasteiger partial charge in [-0.15, -0.1) is 11.3 Å². The van der Waals surface area contributed by atoms with Gasteiger partial charge in [-0.1, -0.05) is 30.3 Å². The van der Waals surface area contributed by atoms with Crippen LogP contribution in [-0.4, -0.2) is 19.7 Å². The molecule has 0 fully saturated rings. The lowest BCUT2D eigenvalue weighted by atomic mass is 10.3. The molecule has 0 amide bonds. The van der Waals surface area contributed by atoms with E-state index in [-0.39, 0.29) is 6.54 Å². The average molecular weight is 453 g/mol. The summed E-state index contributed by atoms with van der Waals surface area (Å²) >= 11 is 4.87. The minimum atomic E-state index is -3.45. The maximum atomic E-state index is 12.3. The summed E-state index contributed by atoms with van der Waals surface area (Å²) in [7, 11) is -3.45. The van der Waals surface area contributed by atoms with Crippen molar-refractivity contribution in [2.24, 2.45) is 0 Å². The summed E-state index contributed by atoms with van der Waals surface area (Å²) in [5.41, 5.74) is 1.27. The fraction of sp³-hybridized carbons (Fsp3) is 0.167. The molecular formula is C18H17BrN2O3S2. The second-order valence-corrected chi connectivity index (χ2v) is 9.26. The third kappa shape index (κ3) is 4.84. The Balaban J connectivity index is 1.74. The quantitative estimate of drug-likeness (QED) is 0.531. The Bertz CT molecular complexity index is 975. The van der Waals surface area contributed by atoms with E-state index in [1.807, 2.05) is 47.8 Å². The number of benzene rings is 2. The van der Waals surface area contributed by atoms with Crippen LogP contribution in [0, 0.1) is 0 Å². The van der Waals surface area contributed by atoms with Gasteiger partial charge in [-0.05, 0) is 40.2 Å². The zero-order valence-corrected chi connectivity index (χ0v) is 17.2. The molecule has 0 N–H and O–H groups in total. The first-order valence-corrected chi connectivity index (χ1v) is 11.3. The van der Waals surface area contributed by atoms with E-state index in [1.165, 1.54) is 21.9 Å². The van der Waals surface area contributed by atoms with Gasteiger partial charge in [-0.2, -0.15) is 0 Å². The highest BCUT2D eigenvalue weighted by atomic mass is 79.9. The van der Waals surface area contributed by atoms with E-state index in [0.29, 0.717) is 22.5 Å². The van der Waals surface area contributed by atoms with Gasteiger partial charge in [0, 0.05) is 9.85 Å². The first-order chi connectivity index (χ1) is 12.4. The Morgan fingerprint density at radius 2 is 1.81 bits per heavy atom. The number of aromatic nitrogens is 1. The zero-order valence-electron chi connectivity index (χ0n) is 14.0. The molecule has 8 heteroatoms. The van der Waals surface area contributed by atoms with Crippen LogP contribution in [0.5, 0.6) is 5.75 Å². The van der Waals surface area contributed by atoms with E-state index < -0.39 is 10.0 Å². The van der Waals surface area contributed by atoms with Crippen molar-refractivity contribution in [1.82, 2.24) is 4.98 Å². The fourth-order valence-electron chi connectivity index (χ4n) is 2.33. The molecule has 0 unspecified atom stereocenters. The van der Waals surface area contributed by atoms with Gasteiger partial charge >= 0.3 is 0 Å². The molecule has 5 nitrogen and oxygen atoms in total. The van der Waals surface area contributed by atoms with E-state index in [2.05, 4.69) is 20.9 Å². The molecule has 0 bridgehead atoms. The van der Waals surface area contributed by atoms with Crippen molar-refractivity contribution in [2.45, 2.75) is 13.2 Å². The van der Waals surface area contributed by atoms with Crippen molar-refractivity contribution >= 4 is 43.0 Å². The Kier molecular flexibility index (Phi) is 5.95. The highest BCUT2D eigenvalue weighted by Gasteiger charge is 2.21. The van der Waals surface area contributed by atoms with Gasteiger partial charge in [0.05, 0.1) is 24.2 Å². The van der Waals surface area contributed by atoms with Crippen LogP contribution < -0.4 is 9.04 Å². The number of para-hydroxylation sites is 2. The number of ether oxygens (including phenoxy) is 1. The first-order valence-electron chi connectivity index (χ1n) is 7.77. The highest BCUT2D eigenvalue weighted by molar-refractivity contribution is 9.10. The smallest absolute Gasteiger partial charge is 0.232 e. The van der Waals surface area contributed by atoms with E-state index in [4.69, 9.17) is 4.74 Å². The molecule has 3 rings (SSSR count). The minimum absolute atomic E-state index is 0.170. The second kappa shape index (κ2) is 8.20. The van der Waals surface area contributed by atoms with Crippen molar-refractivity contribution in [2.75, 3.05) is 10.6 Å². The molecule has 0 aliphatic heterocycles. The molecule has 26 heavy (non-hydrogen) atoms. The van der Waals surface area contributed by atoms with Gasteiger partial charge in [0.25, 0.3) is 0 Å². The van der Waals surface area contributed by atoms with Crippen molar-refractivity contribution < 1.29 is 13.2 Å². The number of thiazole rings is 1. The normalized spacial score (nSPS) is 11.3. The molecule has 1 aromatic heterocycles. The molecule has 0 radical (unpaired) electrons. The first kappa shape index (κ1) is 18.9. The average Bonchev–Trinajstić information content (AvgIpc) is 3.06. The number of hydrogen-bond donors (Lipinski definition) is 0. The number of sulfonamides is 1. The predicted octanol–water partition coefficient (Wildman–Crippen LogP) is 4.45. The minimum Gasteiger partial charge on any atom is -0.486 e. The zero-order chi connectivity index (χ0) is 18.6. The summed E-state index contributed by atoms with van der Waals surface area (Å²) in [6.07, 6.45) is 1.19. The van der Waals surface area contributed by atoms with Crippen molar-refractivity contribution in [1.29, 1.82) is 0 Å². The van der Waals surface area contributed by atoms with Gasteiger partial charge in [0.1, 0.15) is 17.4 Å². The number of rotatable bonds is 7. The van der Waals surface area contributed by atoms with Crippen molar-refractivity contribution in [3.8, 4) is 5.75 Å². The van der Waals surface area contributed by atoms with E-state index in [1.54, 1.807) is 12.1 Å². The standard InChI is InChI=1S/C18H17BrN2O3S2/c1-26(22,23)21(17-10-6-5-9-16(17)19)11-14-13-25-18(20-14)12-24-15-7-3-2-4-8-15/h2-10,13H,11-12H2,1H3. The van der Waals surface area contributed by atoms with E-state index in [0.717, 1.165) is 10.8 Å². The summed E-state index contributed by atoms with van der Waals surface area (Å²) in [6.45, 7) is 0.520. The molecule has 0 aliphatic carbocycles. The third-order valence-electron chi connectivity index (χ3n) is 3.53. The summed E-state index contributed by atoms with van der Waals surface area (Å²) in [4.78, 5) is 4.51. The van der Waals surface area contributed by atoms with E-state index in [9.17, 15) is 8.42 Å². The van der Waals surface area contributed by atoms with Crippen LogP contribution in [0.4, 0.5) is 5.69 Å². The topological polar surface area (TPSA) is 59.5 Å². The molecular weight excluding hydrogens is 436 g/mol. The second-order valence-electron chi connectivity index (χ2n) is 5.56. The third-order valence-corrected chi connectivity index (χ3v) is 6.20. The van der Waals surface area contributed by atoms with Gasteiger partial charge in [0.15, 0.2) is 0 Å². The summed E-state index contributed by atoms with van der Waals surface area (Å²) < 4.78 is 32.3. The van der Waals surface area contributed by atoms with Crippen LogP contribution in [0.15, 0.2) is 64.5 Å². The van der Waals surface area contributed by atoms with Crippen molar-refractivity contribution in [3.63, 3.8) is 0 Å². The van der Waals surface area contributed by atoms with Gasteiger partial charge in [0.2, 0.25) is 10.0 Å². The monoisotopic (exact) mass is 452 g/mol. The molecule has 0 saturated carbocycles. The van der Waals surface area contributed by atoms with Crippen LogP contribution in [0.2, 0.25) is 0 Å². The predicted molar refractivity (Wildman–Crippen MR) is 108 cm³/mol. The van der Waals surface area contributed by atoms with Crippen LogP contribution in [-0.2, 0) is 23.2 Å². The Morgan fingerprint density at radius 3 is 2.50 bits per heavy atom. The molecule has 2 aromatic carbocycles. The van der Waals surface area contributed by atoms with Crippen LogP contribution in [0.25, 0.3) is 0 Å². The molecule has 0 aliphatic rings. The Labute approximate surface area is 165 Å². The van der Waals surface area contributed by atoms with E-state index >= 15 is 0 Å². The lowest BCUT2D eigenvalue weighted by Gasteiger charge is -2.22. The number of anilines is 1. The molecule has 0 atom stereocenters. The Hall–Kier alpha value is -1.90. The van der Waals surface area contributed by atoms with Gasteiger partial charge in [-0.25, -0.2) is 13.4 Å². The van der Waals surface area contributed by atoms with Gasteiger partial charge in [-0.3, -0.25) is 4.31 Å². The van der Waals surface area contributed by atoms with Crippen molar-refractivity contribution in [3.05, 3.63) is 75.2 Å². The van der Waals surface area contributed by atoms with Crippen LogP contribution >= 0.6 is 27.3 Å². The summed E-state index contributed by atoms with van der Waals surface area (Å²) in [5.74, 6) is 0.773. The summed E-state index contributed by atoms with van der Waals surface area (Å²) in [6, 6.07) is 16.7. The molecule has 3 aromatic rings. The van der Waals surface area contributed by atoms with Gasteiger partial charge < -0.3 is 4.74 Å². The maximum Gasteiger partial charge on any atom is 0.232 e. The fourth-order valence-corrected chi connectivity index (χ4v) is 4.53. The summed E-state index contributed by atoms with van der Waals surface area (Å²) in [5, 5.41) is 2.66. The maximum absolute atomic E-state index is 12.3. The molecule has 136 valence electrons. The largest absolute Gasteiger partial charge is 0.486 e.